The molecule has 0 unspecified atom stereocenters. The van der Waals surface area contributed by atoms with Gasteiger partial charge in [0.2, 0.25) is 21.7 Å². The first-order chi connectivity index (χ1) is 16.5. The van der Waals surface area contributed by atoms with Crippen LogP contribution in [0.5, 0.6) is 0 Å². The molecule has 34 heavy (non-hydrogen) atoms. The van der Waals surface area contributed by atoms with Gasteiger partial charge in [-0.15, -0.1) is 0 Å². The first-order valence-corrected chi connectivity index (χ1v) is 13.5. The zero-order valence-electron chi connectivity index (χ0n) is 19.5. The number of aromatic nitrogens is 3. The highest BCUT2D eigenvalue weighted by atomic mass is 32.2. The van der Waals surface area contributed by atoms with Crippen LogP contribution in [0.2, 0.25) is 0 Å². The third kappa shape index (κ3) is 4.78. The van der Waals surface area contributed by atoms with Gasteiger partial charge in [-0.25, -0.2) is 8.42 Å². The summed E-state index contributed by atoms with van der Waals surface area (Å²) in [5.41, 5.74) is 2.07. The summed E-state index contributed by atoms with van der Waals surface area (Å²) in [4.78, 5) is 11.2. The molecular weight excluding hydrogens is 450 g/mol. The molecule has 1 saturated carbocycles. The van der Waals surface area contributed by atoms with Gasteiger partial charge in [0.1, 0.15) is 0 Å². The zero-order valence-corrected chi connectivity index (χ0v) is 20.3. The lowest BCUT2D eigenvalue weighted by molar-refractivity contribution is 0.124. The number of piperazine rings is 1. The van der Waals surface area contributed by atoms with Gasteiger partial charge in [0, 0.05) is 44.1 Å². The molecule has 2 aliphatic rings. The quantitative estimate of drug-likeness (QED) is 0.520. The molecule has 9 heteroatoms. The molecule has 2 fully saturated rings. The maximum atomic E-state index is 13.2. The molecule has 3 heterocycles. The highest BCUT2D eigenvalue weighted by Crippen LogP contribution is 2.33. The molecule has 0 radical (unpaired) electrons. The Bertz CT molecular complexity index is 1180. The number of nitrogens with zero attached hydrogens (tertiary/aromatic N) is 5. The number of sulfonamides is 1. The summed E-state index contributed by atoms with van der Waals surface area (Å²) in [5.74, 6) is 1.60. The van der Waals surface area contributed by atoms with E-state index >= 15 is 0 Å². The average Bonchev–Trinajstić information content (AvgIpc) is 3.40. The average molecular weight is 482 g/mol. The van der Waals surface area contributed by atoms with Crippen molar-refractivity contribution < 1.29 is 12.9 Å². The van der Waals surface area contributed by atoms with Gasteiger partial charge in [0.05, 0.1) is 10.9 Å². The zero-order chi connectivity index (χ0) is 23.5. The summed E-state index contributed by atoms with van der Waals surface area (Å²) in [6, 6.07) is 11.2. The minimum Gasteiger partial charge on any atom is -0.337 e. The van der Waals surface area contributed by atoms with Crippen molar-refractivity contribution in [3.8, 4) is 11.4 Å². The van der Waals surface area contributed by atoms with Crippen molar-refractivity contribution >= 4 is 10.0 Å². The Morgan fingerprint density at radius 3 is 2.41 bits per heavy atom. The Morgan fingerprint density at radius 1 is 1.00 bits per heavy atom. The maximum absolute atomic E-state index is 13.2. The first kappa shape index (κ1) is 23.1. The van der Waals surface area contributed by atoms with Crippen LogP contribution in [0.25, 0.3) is 11.4 Å². The Morgan fingerprint density at radius 2 is 1.74 bits per heavy atom. The third-order valence-corrected chi connectivity index (χ3v) is 9.05. The van der Waals surface area contributed by atoms with Crippen LogP contribution in [0.3, 0.4) is 0 Å². The minimum absolute atomic E-state index is 0.0995. The van der Waals surface area contributed by atoms with E-state index in [-0.39, 0.29) is 6.04 Å². The third-order valence-electron chi connectivity index (χ3n) is 7.13. The Hall–Kier alpha value is -2.62. The van der Waals surface area contributed by atoms with E-state index in [4.69, 9.17) is 4.52 Å². The fourth-order valence-corrected chi connectivity index (χ4v) is 6.42. The molecular formula is C25H31N5O3S. The molecule has 1 aliphatic heterocycles. The second-order valence-corrected chi connectivity index (χ2v) is 11.2. The second-order valence-electron chi connectivity index (χ2n) is 9.22. The van der Waals surface area contributed by atoms with E-state index in [1.54, 1.807) is 28.8 Å². The molecule has 1 aromatic carbocycles. The molecule has 180 valence electrons. The van der Waals surface area contributed by atoms with Gasteiger partial charge in [-0.1, -0.05) is 36.6 Å². The number of hydrogen-bond acceptors (Lipinski definition) is 7. The van der Waals surface area contributed by atoms with Gasteiger partial charge in [-0.3, -0.25) is 9.88 Å². The van der Waals surface area contributed by atoms with Gasteiger partial charge in [0.15, 0.2) is 0 Å². The van der Waals surface area contributed by atoms with Crippen LogP contribution in [0.4, 0.5) is 0 Å². The smallest absolute Gasteiger partial charge is 0.244 e. The lowest BCUT2D eigenvalue weighted by atomic mass is 9.84. The van der Waals surface area contributed by atoms with Crippen LogP contribution >= 0.6 is 0 Å². The predicted molar refractivity (Wildman–Crippen MR) is 129 cm³/mol. The molecule has 5 rings (SSSR count). The standard InChI is InChI=1S/C25H31N5O3S/c1-19(25-27-24(28-33-25)22-8-5-13-26-18-22)29-14-16-30(17-15-29)34(31,32)23-11-9-21(10-12-23)20-6-3-2-4-7-20/h5,8-13,18-20H,2-4,6-7,14-17H2,1H3/t19-/m1/s1. The van der Waals surface area contributed by atoms with E-state index in [1.807, 2.05) is 31.2 Å². The SMILES string of the molecule is C[C@H](c1nc(-c2cccnc2)no1)N1CCN(S(=O)(=O)c2ccc(C3CCCCC3)cc2)CC1. The number of benzene rings is 1. The van der Waals surface area contributed by atoms with Crippen molar-refractivity contribution in [1.82, 2.24) is 24.3 Å². The van der Waals surface area contributed by atoms with Crippen molar-refractivity contribution in [3.63, 3.8) is 0 Å². The molecule has 3 aromatic rings. The fourth-order valence-electron chi connectivity index (χ4n) is 5.00. The van der Waals surface area contributed by atoms with Crippen LogP contribution < -0.4 is 0 Å². The van der Waals surface area contributed by atoms with E-state index in [0.29, 0.717) is 48.7 Å². The molecule has 0 N–H and O–H groups in total. The Kier molecular flexibility index (Phi) is 6.76. The number of hydrogen-bond donors (Lipinski definition) is 0. The predicted octanol–water partition coefficient (Wildman–Crippen LogP) is 4.25. The summed E-state index contributed by atoms with van der Waals surface area (Å²) < 4.78 is 33.6. The topological polar surface area (TPSA) is 92.4 Å². The molecule has 1 aliphatic carbocycles. The second kappa shape index (κ2) is 9.93. The lowest BCUT2D eigenvalue weighted by Gasteiger charge is -2.36. The van der Waals surface area contributed by atoms with E-state index in [1.165, 1.54) is 37.7 Å². The van der Waals surface area contributed by atoms with Crippen LogP contribution in [0.1, 0.15) is 62.4 Å². The summed E-state index contributed by atoms with van der Waals surface area (Å²) in [5, 5.41) is 4.08. The van der Waals surface area contributed by atoms with Crippen LogP contribution in [0, 0.1) is 0 Å². The van der Waals surface area contributed by atoms with Crippen molar-refractivity contribution in [1.29, 1.82) is 0 Å². The Balaban J connectivity index is 1.21. The van der Waals surface area contributed by atoms with Crippen molar-refractivity contribution in [2.45, 2.75) is 55.9 Å². The van der Waals surface area contributed by atoms with Gasteiger partial charge in [-0.2, -0.15) is 9.29 Å². The lowest BCUT2D eigenvalue weighted by Crippen LogP contribution is -2.49. The van der Waals surface area contributed by atoms with Crippen molar-refractivity contribution in [2.24, 2.45) is 0 Å². The number of pyridine rings is 1. The van der Waals surface area contributed by atoms with Crippen LogP contribution in [0.15, 0.2) is 58.2 Å². The monoisotopic (exact) mass is 481 g/mol. The van der Waals surface area contributed by atoms with E-state index in [9.17, 15) is 8.42 Å². The van der Waals surface area contributed by atoms with E-state index in [0.717, 1.165) is 5.56 Å². The normalized spacial score (nSPS) is 19.8. The summed E-state index contributed by atoms with van der Waals surface area (Å²) in [6.07, 6.45) is 9.65. The Labute approximate surface area is 201 Å². The minimum atomic E-state index is -3.51. The van der Waals surface area contributed by atoms with E-state index < -0.39 is 10.0 Å². The maximum Gasteiger partial charge on any atom is 0.244 e. The van der Waals surface area contributed by atoms with Gasteiger partial charge >= 0.3 is 0 Å². The summed E-state index contributed by atoms with van der Waals surface area (Å²) in [6.45, 7) is 4.08. The molecule has 0 spiro atoms. The van der Waals surface area contributed by atoms with Gasteiger partial charge < -0.3 is 4.52 Å². The summed E-state index contributed by atoms with van der Waals surface area (Å²) >= 11 is 0. The molecule has 0 amide bonds. The highest BCUT2D eigenvalue weighted by molar-refractivity contribution is 7.89. The molecule has 8 nitrogen and oxygen atoms in total. The van der Waals surface area contributed by atoms with Crippen molar-refractivity contribution in [3.05, 3.63) is 60.2 Å². The molecule has 1 saturated heterocycles. The van der Waals surface area contributed by atoms with Crippen LogP contribution in [-0.2, 0) is 10.0 Å². The number of rotatable bonds is 6. The van der Waals surface area contributed by atoms with Crippen molar-refractivity contribution in [2.75, 3.05) is 26.2 Å². The highest BCUT2D eigenvalue weighted by Gasteiger charge is 2.32. The fraction of sp³-hybridized carbons (Fsp3) is 0.480. The van der Waals surface area contributed by atoms with Gasteiger partial charge in [0.25, 0.3) is 0 Å². The first-order valence-electron chi connectivity index (χ1n) is 12.1. The molecule has 2 aromatic heterocycles. The molecule has 0 bridgehead atoms. The molecule has 1 atom stereocenters. The van der Waals surface area contributed by atoms with Crippen LogP contribution in [-0.4, -0.2) is 58.9 Å². The van der Waals surface area contributed by atoms with Gasteiger partial charge in [-0.05, 0) is 55.5 Å². The summed E-state index contributed by atoms with van der Waals surface area (Å²) in [7, 11) is -3.51. The largest absolute Gasteiger partial charge is 0.337 e. The van der Waals surface area contributed by atoms with E-state index in [2.05, 4.69) is 20.0 Å².